The number of carbonyl (C=O) groups excluding carboxylic acids is 1. The Morgan fingerprint density at radius 1 is 1.45 bits per heavy atom. The predicted molar refractivity (Wildman–Crippen MR) is 46.4 cm³/mol. The summed E-state index contributed by atoms with van der Waals surface area (Å²) in [6.07, 6.45) is 8.08. The largest absolute Gasteiger partial charge is 0.300 e. The van der Waals surface area contributed by atoms with Gasteiger partial charge >= 0.3 is 0 Å². The Morgan fingerprint density at radius 2 is 2.27 bits per heavy atom. The second-order valence-corrected chi connectivity index (χ2v) is 3.36. The van der Waals surface area contributed by atoms with Crippen molar-refractivity contribution in [2.24, 2.45) is 5.92 Å². The Balaban J connectivity index is 2.33. The van der Waals surface area contributed by atoms with E-state index >= 15 is 0 Å². The molecule has 11 heavy (non-hydrogen) atoms. The fourth-order valence-electron chi connectivity index (χ4n) is 1.69. The summed E-state index contributed by atoms with van der Waals surface area (Å²) < 4.78 is 0. The van der Waals surface area contributed by atoms with Crippen molar-refractivity contribution in [3.8, 4) is 0 Å². The van der Waals surface area contributed by atoms with Gasteiger partial charge in [-0.2, -0.15) is 0 Å². The van der Waals surface area contributed by atoms with Crippen LogP contribution in [-0.4, -0.2) is 5.78 Å². The van der Waals surface area contributed by atoms with Gasteiger partial charge in [0.25, 0.3) is 0 Å². The van der Waals surface area contributed by atoms with E-state index in [1.807, 2.05) is 6.08 Å². The van der Waals surface area contributed by atoms with Gasteiger partial charge in [0.2, 0.25) is 0 Å². The van der Waals surface area contributed by atoms with Gasteiger partial charge in [0.15, 0.2) is 0 Å². The molecular weight excluding hydrogens is 136 g/mol. The summed E-state index contributed by atoms with van der Waals surface area (Å²) in [6.45, 7) is 3.72. The van der Waals surface area contributed by atoms with Crippen molar-refractivity contribution < 1.29 is 4.79 Å². The zero-order valence-electron chi connectivity index (χ0n) is 7.01. The van der Waals surface area contributed by atoms with Gasteiger partial charge in [-0.25, -0.2) is 0 Å². The van der Waals surface area contributed by atoms with Gasteiger partial charge in [-0.05, 0) is 31.6 Å². The number of rotatable bonds is 2. The maximum atomic E-state index is 11.0. The molecule has 0 aromatic heterocycles. The van der Waals surface area contributed by atoms with Crippen molar-refractivity contribution in [2.45, 2.75) is 38.5 Å². The van der Waals surface area contributed by atoms with Crippen molar-refractivity contribution in [1.29, 1.82) is 0 Å². The minimum atomic E-state index is 0.455. The van der Waals surface area contributed by atoms with Crippen molar-refractivity contribution in [1.82, 2.24) is 0 Å². The van der Waals surface area contributed by atoms with Crippen LogP contribution in [0.3, 0.4) is 0 Å². The first-order chi connectivity index (χ1) is 5.33. The van der Waals surface area contributed by atoms with Crippen molar-refractivity contribution in [2.75, 3.05) is 0 Å². The summed E-state index contributed by atoms with van der Waals surface area (Å²) in [6, 6.07) is 0. The van der Waals surface area contributed by atoms with Crippen LogP contribution in [0.15, 0.2) is 12.7 Å². The minimum absolute atomic E-state index is 0.455. The molecule has 0 spiro atoms. The first-order valence-corrected chi connectivity index (χ1v) is 4.45. The summed E-state index contributed by atoms with van der Waals surface area (Å²) in [5, 5.41) is 0. The topological polar surface area (TPSA) is 17.1 Å². The molecule has 0 N–H and O–H groups in total. The van der Waals surface area contributed by atoms with Crippen LogP contribution in [-0.2, 0) is 4.79 Å². The number of carbonyl (C=O) groups is 1. The number of Topliss-reactive ketones (excluding diaryl/α,β-unsaturated/α-hetero) is 1. The average Bonchev–Trinajstić information content (AvgIpc) is 2.17. The molecule has 0 saturated heterocycles. The van der Waals surface area contributed by atoms with Crippen LogP contribution < -0.4 is 0 Å². The van der Waals surface area contributed by atoms with Gasteiger partial charge in [0.1, 0.15) is 5.78 Å². The fraction of sp³-hybridized carbons (Fsp3) is 0.700. The summed E-state index contributed by atoms with van der Waals surface area (Å²) in [5.74, 6) is 1.19. The third kappa shape index (κ3) is 2.87. The summed E-state index contributed by atoms with van der Waals surface area (Å²) in [7, 11) is 0. The van der Waals surface area contributed by atoms with Crippen LogP contribution in [0.4, 0.5) is 0 Å². The number of ketones is 1. The van der Waals surface area contributed by atoms with Crippen LogP contribution in [0.25, 0.3) is 0 Å². The van der Waals surface area contributed by atoms with Gasteiger partial charge in [-0.15, -0.1) is 6.58 Å². The highest BCUT2D eigenvalue weighted by molar-refractivity contribution is 5.78. The molecule has 0 aromatic rings. The van der Waals surface area contributed by atoms with Crippen LogP contribution in [0.5, 0.6) is 0 Å². The van der Waals surface area contributed by atoms with Gasteiger partial charge in [-0.3, -0.25) is 4.79 Å². The molecule has 62 valence electrons. The third-order valence-electron chi connectivity index (χ3n) is 2.40. The molecule has 1 unspecified atom stereocenters. The van der Waals surface area contributed by atoms with Crippen LogP contribution in [0, 0.1) is 5.92 Å². The Kier molecular flexibility index (Phi) is 3.34. The molecule has 1 fully saturated rings. The Morgan fingerprint density at radius 3 is 3.00 bits per heavy atom. The van der Waals surface area contributed by atoms with E-state index in [2.05, 4.69) is 6.58 Å². The molecule has 1 atom stereocenters. The molecule has 0 aromatic carbocycles. The van der Waals surface area contributed by atoms with Gasteiger partial charge in [-0.1, -0.05) is 6.08 Å². The molecule has 0 heterocycles. The molecule has 0 radical (unpaired) electrons. The van der Waals surface area contributed by atoms with E-state index in [9.17, 15) is 4.79 Å². The minimum Gasteiger partial charge on any atom is -0.300 e. The van der Waals surface area contributed by atoms with E-state index < -0.39 is 0 Å². The van der Waals surface area contributed by atoms with Crippen LogP contribution in [0.2, 0.25) is 0 Å². The second-order valence-electron chi connectivity index (χ2n) is 3.36. The zero-order valence-corrected chi connectivity index (χ0v) is 7.01. The van der Waals surface area contributed by atoms with E-state index in [1.54, 1.807) is 0 Å². The Bertz CT molecular complexity index is 149. The normalized spacial score (nSPS) is 26.2. The molecule has 1 aliphatic carbocycles. The lowest BCUT2D eigenvalue weighted by Crippen LogP contribution is -1.97. The zero-order chi connectivity index (χ0) is 8.10. The van der Waals surface area contributed by atoms with E-state index in [1.165, 1.54) is 6.42 Å². The van der Waals surface area contributed by atoms with E-state index in [0.717, 1.165) is 38.0 Å². The lowest BCUT2D eigenvalue weighted by atomic mass is 9.97. The lowest BCUT2D eigenvalue weighted by Gasteiger charge is -2.08. The number of hydrogen-bond acceptors (Lipinski definition) is 1. The average molecular weight is 152 g/mol. The molecule has 0 bridgehead atoms. The van der Waals surface area contributed by atoms with E-state index in [-0.39, 0.29) is 0 Å². The van der Waals surface area contributed by atoms with Crippen molar-refractivity contribution in [3.05, 3.63) is 12.7 Å². The van der Waals surface area contributed by atoms with Crippen molar-refractivity contribution in [3.63, 3.8) is 0 Å². The van der Waals surface area contributed by atoms with E-state index in [0.29, 0.717) is 5.78 Å². The number of allylic oxidation sites excluding steroid dienone is 1. The summed E-state index contributed by atoms with van der Waals surface area (Å²) >= 11 is 0. The second kappa shape index (κ2) is 4.32. The highest BCUT2D eigenvalue weighted by Gasteiger charge is 2.14. The Hall–Kier alpha value is -0.590. The predicted octanol–water partition coefficient (Wildman–Crippen LogP) is 2.71. The highest BCUT2D eigenvalue weighted by atomic mass is 16.1. The van der Waals surface area contributed by atoms with Gasteiger partial charge in [0.05, 0.1) is 0 Å². The quantitative estimate of drug-likeness (QED) is 0.439. The standard InChI is InChI=1S/C10H16O/c1-2-4-9-5-3-6-10(11)8-7-9/h2,9H,1,3-8H2. The molecule has 1 nitrogen and oxygen atoms in total. The van der Waals surface area contributed by atoms with E-state index in [4.69, 9.17) is 0 Å². The molecule has 1 saturated carbocycles. The molecule has 1 rings (SSSR count). The maximum Gasteiger partial charge on any atom is 0.132 e. The number of hydrogen-bond donors (Lipinski definition) is 0. The van der Waals surface area contributed by atoms with Crippen LogP contribution >= 0.6 is 0 Å². The molecule has 0 amide bonds. The first kappa shape index (κ1) is 8.51. The van der Waals surface area contributed by atoms with Crippen molar-refractivity contribution >= 4 is 5.78 Å². The Labute approximate surface area is 68.5 Å². The molecule has 0 aliphatic heterocycles. The first-order valence-electron chi connectivity index (χ1n) is 4.45. The highest BCUT2D eigenvalue weighted by Crippen LogP contribution is 2.23. The van der Waals surface area contributed by atoms with Gasteiger partial charge in [0, 0.05) is 12.8 Å². The SMILES string of the molecule is C=CCC1CCCC(=O)CC1. The van der Waals surface area contributed by atoms with Crippen LogP contribution in [0.1, 0.15) is 38.5 Å². The molecular formula is C10H16O. The molecule has 1 aliphatic rings. The monoisotopic (exact) mass is 152 g/mol. The third-order valence-corrected chi connectivity index (χ3v) is 2.40. The van der Waals surface area contributed by atoms with Gasteiger partial charge < -0.3 is 0 Å². The maximum absolute atomic E-state index is 11.0. The summed E-state index contributed by atoms with van der Waals surface area (Å²) in [5.41, 5.74) is 0. The lowest BCUT2D eigenvalue weighted by molar-refractivity contribution is -0.118. The smallest absolute Gasteiger partial charge is 0.132 e. The summed E-state index contributed by atoms with van der Waals surface area (Å²) in [4.78, 5) is 11.0. The molecule has 1 heteroatoms. The fourth-order valence-corrected chi connectivity index (χ4v) is 1.69.